The first-order valence-corrected chi connectivity index (χ1v) is 13.0. The summed E-state index contributed by atoms with van der Waals surface area (Å²) in [6, 6.07) is 0. The molecule has 28 heavy (non-hydrogen) atoms. The van der Waals surface area contributed by atoms with Crippen LogP contribution in [0.25, 0.3) is 0 Å². The number of hydrogen-bond acceptors (Lipinski definition) is 1. The summed E-state index contributed by atoms with van der Waals surface area (Å²) in [6.07, 6.45) is 19.2. The Morgan fingerprint density at radius 1 is 0.821 bits per heavy atom. The Morgan fingerprint density at radius 2 is 1.61 bits per heavy atom. The molecule has 162 valence electrons. The standard InChI is InChI=1S/C27H48O/c1-19(18-28)8-7-9-20(2)23-13-14-24-22-12-11-21-10-5-6-16-26(21,3)25(22)15-17-27(23,24)4/h19-25,28H,5-18H2,1-4H3/t19?,20?,21?,22-,23+,24-,25-,26-,27+/m0/s1. The molecule has 4 saturated carbocycles. The Hall–Kier alpha value is -0.0400. The number of hydrogen-bond donors (Lipinski definition) is 1. The molecule has 0 radical (unpaired) electrons. The Labute approximate surface area is 175 Å². The second kappa shape index (κ2) is 8.24. The third-order valence-corrected chi connectivity index (χ3v) is 11.0. The molecular weight excluding hydrogens is 340 g/mol. The minimum Gasteiger partial charge on any atom is -0.396 e. The molecule has 0 amide bonds. The molecule has 0 aromatic heterocycles. The van der Waals surface area contributed by atoms with Gasteiger partial charge in [-0.3, -0.25) is 0 Å². The Morgan fingerprint density at radius 3 is 2.39 bits per heavy atom. The van der Waals surface area contributed by atoms with Gasteiger partial charge in [0.15, 0.2) is 0 Å². The predicted octanol–water partition coefficient (Wildman–Crippen LogP) is 7.47. The fourth-order valence-corrected chi connectivity index (χ4v) is 9.35. The molecule has 0 bridgehead atoms. The van der Waals surface area contributed by atoms with Crippen molar-refractivity contribution in [1.29, 1.82) is 0 Å². The van der Waals surface area contributed by atoms with Gasteiger partial charge in [-0.2, -0.15) is 0 Å². The average Bonchev–Trinajstić information content (AvgIpc) is 3.04. The highest BCUT2D eigenvalue weighted by molar-refractivity contribution is 5.09. The van der Waals surface area contributed by atoms with Crippen LogP contribution in [0, 0.1) is 52.3 Å². The van der Waals surface area contributed by atoms with E-state index in [4.69, 9.17) is 0 Å². The maximum atomic E-state index is 9.32. The van der Waals surface area contributed by atoms with Crippen molar-refractivity contribution >= 4 is 0 Å². The fourth-order valence-electron chi connectivity index (χ4n) is 9.35. The van der Waals surface area contributed by atoms with Crippen LogP contribution in [-0.4, -0.2) is 11.7 Å². The van der Waals surface area contributed by atoms with Crippen molar-refractivity contribution in [3.05, 3.63) is 0 Å². The van der Waals surface area contributed by atoms with Crippen molar-refractivity contribution in [3.63, 3.8) is 0 Å². The maximum absolute atomic E-state index is 9.32. The van der Waals surface area contributed by atoms with E-state index in [9.17, 15) is 5.11 Å². The molecular formula is C27H48O. The molecule has 0 spiro atoms. The molecule has 4 rings (SSSR count). The molecule has 1 nitrogen and oxygen atoms in total. The molecule has 9 atom stereocenters. The third-order valence-electron chi connectivity index (χ3n) is 11.0. The first-order valence-electron chi connectivity index (χ1n) is 13.0. The molecule has 1 heteroatoms. The molecule has 3 unspecified atom stereocenters. The zero-order valence-electron chi connectivity index (χ0n) is 19.4. The average molecular weight is 389 g/mol. The lowest BCUT2D eigenvalue weighted by atomic mass is 9.44. The summed E-state index contributed by atoms with van der Waals surface area (Å²) in [6.45, 7) is 10.6. The monoisotopic (exact) mass is 388 g/mol. The van der Waals surface area contributed by atoms with Crippen molar-refractivity contribution in [2.75, 3.05) is 6.61 Å². The summed E-state index contributed by atoms with van der Waals surface area (Å²) in [4.78, 5) is 0. The highest BCUT2D eigenvalue weighted by Crippen LogP contribution is 2.68. The molecule has 4 aliphatic rings. The van der Waals surface area contributed by atoms with Crippen LogP contribution in [0.3, 0.4) is 0 Å². The van der Waals surface area contributed by atoms with Crippen molar-refractivity contribution in [1.82, 2.24) is 0 Å². The van der Waals surface area contributed by atoms with E-state index in [1.54, 1.807) is 12.8 Å². The third kappa shape index (κ3) is 3.50. The van der Waals surface area contributed by atoms with Gasteiger partial charge in [-0.15, -0.1) is 0 Å². The topological polar surface area (TPSA) is 20.2 Å². The van der Waals surface area contributed by atoms with E-state index in [0.29, 0.717) is 23.4 Å². The van der Waals surface area contributed by atoms with Gasteiger partial charge < -0.3 is 5.11 Å². The number of aliphatic hydroxyl groups excluding tert-OH is 1. The zero-order chi connectivity index (χ0) is 19.9. The lowest BCUT2D eigenvalue weighted by Crippen LogP contribution is -2.53. The van der Waals surface area contributed by atoms with E-state index in [1.165, 1.54) is 70.6 Å². The van der Waals surface area contributed by atoms with Crippen molar-refractivity contribution in [3.8, 4) is 0 Å². The van der Waals surface area contributed by atoms with E-state index < -0.39 is 0 Å². The number of rotatable bonds is 6. The van der Waals surface area contributed by atoms with Crippen LogP contribution in [0.1, 0.15) is 111 Å². The highest BCUT2D eigenvalue weighted by atomic mass is 16.3. The van der Waals surface area contributed by atoms with Gasteiger partial charge in [0.25, 0.3) is 0 Å². The number of fused-ring (bicyclic) bond motifs is 5. The van der Waals surface area contributed by atoms with Gasteiger partial charge in [-0.25, -0.2) is 0 Å². The molecule has 1 N–H and O–H groups in total. The summed E-state index contributed by atoms with van der Waals surface area (Å²) < 4.78 is 0. The van der Waals surface area contributed by atoms with Gasteiger partial charge in [0.05, 0.1) is 0 Å². The van der Waals surface area contributed by atoms with Crippen molar-refractivity contribution < 1.29 is 5.11 Å². The van der Waals surface area contributed by atoms with E-state index >= 15 is 0 Å². The molecule has 4 fully saturated rings. The summed E-state index contributed by atoms with van der Waals surface area (Å²) in [5, 5.41) is 9.32. The Bertz CT molecular complexity index is 528. The van der Waals surface area contributed by atoms with Crippen LogP contribution in [-0.2, 0) is 0 Å². The van der Waals surface area contributed by atoms with Crippen LogP contribution in [0.5, 0.6) is 0 Å². The van der Waals surface area contributed by atoms with Gasteiger partial charge in [0.2, 0.25) is 0 Å². The summed E-state index contributed by atoms with van der Waals surface area (Å²) >= 11 is 0. The molecule has 4 aliphatic carbocycles. The van der Waals surface area contributed by atoms with Crippen LogP contribution in [0.15, 0.2) is 0 Å². The van der Waals surface area contributed by atoms with Gasteiger partial charge in [0.1, 0.15) is 0 Å². The van der Waals surface area contributed by atoms with Gasteiger partial charge in [0, 0.05) is 6.61 Å². The predicted molar refractivity (Wildman–Crippen MR) is 119 cm³/mol. The number of aliphatic hydroxyl groups is 1. The summed E-state index contributed by atoms with van der Waals surface area (Å²) in [7, 11) is 0. The maximum Gasteiger partial charge on any atom is 0.0456 e. The Kier molecular flexibility index (Phi) is 6.24. The lowest BCUT2D eigenvalue weighted by Gasteiger charge is -2.61. The summed E-state index contributed by atoms with van der Waals surface area (Å²) in [5.41, 5.74) is 1.31. The van der Waals surface area contributed by atoms with E-state index in [0.717, 1.165) is 35.5 Å². The van der Waals surface area contributed by atoms with E-state index in [1.807, 2.05) is 0 Å². The van der Waals surface area contributed by atoms with Gasteiger partial charge in [-0.1, -0.05) is 53.4 Å². The van der Waals surface area contributed by atoms with Crippen LogP contribution < -0.4 is 0 Å². The van der Waals surface area contributed by atoms with Gasteiger partial charge in [-0.05, 0) is 110 Å². The minimum absolute atomic E-state index is 0.362. The van der Waals surface area contributed by atoms with Crippen LogP contribution in [0.2, 0.25) is 0 Å². The summed E-state index contributed by atoms with van der Waals surface area (Å²) in [5.74, 6) is 6.49. The molecule has 0 aromatic rings. The second-order valence-electron chi connectivity index (χ2n) is 12.3. The van der Waals surface area contributed by atoms with Gasteiger partial charge >= 0.3 is 0 Å². The second-order valence-corrected chi connectivity index (χ2v) is 12.3. The first-order chi connectivity index (χ1) is 13.4. The van der Waals surface area contributed by atoms with Crippen molar-refractivity contribution in [2.45, 2.75) is 111 Å². The molecule has 0 aliphatic heterocycles. The fraction of sp³-hybridized carbons (Fsp3) is 1.00. The SMILES string of the molecule is CC(CO)CCCC(C)[C@H]1CC[C@H]2[C@@H]3CCC4CCCC[C@]4(C)[C@H]3CC[C@]12C. The van der Waals surface area contributed by atoms with Crippen LogP contribution in [0.4, 0.5) is 0 Å². The van der Waals surface area contributed by atoms with Crippen molar-refractivity contribution in [2.24, 2.45) is 52.3 Å². The quantitative estimate of drug-likeness (QED) is 0.500. The lowest BCUT2D eigenvalue weighted by molar-refractivity contribution is -0.114. The highest BCUT2D eigenvalue weighted by Gasteiger charge is 2.59. The first kappa shape index (κ1) is 21.2. The minimum atomic E-state index is 0.362. The zero-order valence-corrected chi connectivity index (χ0v) is 19.4. The smallest absolute Gasteiger partial charge is 0.0456 e. The Balaban J connectivity index is 1.43. The largest absolute Gasteiger partial charge is 0.396 e. The molecule has 0 heterocycles. The molecule has 0 aromatic carbocycles. The van der Waals surface area contributed by atoms with E-state index in [-0.39, 0.29) is 0 Å². The molecule has 0 saturated heterocycles. The van der Waals surface area contributed by atoms with Crippen LogP contribution >= 0.6 is 0 Å². The van der Waals surface area contributed by atoms with E-state index in [2.05, 4.69) is 27.7 Å². The normalized spacial score (nSPS) is 47.7.